The number of primary amides is 1. The van der Waals surface area contributed by atoms with Gasteiger partial charge in [0.2, 0.25) is 5.91 Å². The number of pyridine rings is 1. The van der Waals surface area contributed by atoms with Crippen LogP contribution in [0, 0.1) is 0 Å². The summed E-state index contributed by atoms with van der Waals surface area (Å²) in [6.07, 6.45) is -0.575. The van der Waals surface area contributed by atoms with Crippen LogP contribution in [0.5, 0.6) is 0 Å². The number of nitrogens with one attached hydrogen (secondary N) is 1. The van der Waals surface area contributed by atoms with Crippen LogP contribution in [0.25, 0.3) is 10.9 Å². The molecule has 1 aromatic heterocycles. The minimum Gasteiger partial charge on any atom is -0.481 e. The zero-order chi connectivity index (χ0) is 15.4. The number of aromatic nitrogens is 1. The van der Waals surface area contributed by atoms with E-state index >= 15 is 0 Å². The van der Waals surface area contributed by atoms with Crippen LogP contribution in [-0.2, 0) is 9.59 Å². The van der Waals surface area contributed by atoms with Crippen molar-refractivity contribution in [3.63, 3.8) is 0 Å². The summed E-state index contributed by atoms with van der Waals surface area (Å²) in [7, 11) is 0. The summed E-state index contributed by atoms with van der Waals surface area (Å²) in [6, 6.07) is 9.16. The second kappa shape index (κ2) is 6.00. The number of hydrogen-bond acceptors (Lipinski definition) is 4. The molecule has 1 atom stereocenters. The highest BCUT2D eigenvalue weighted by molar-refractivity contribution is 5.98. The number of carbonyl (C=O) groups excluding carboxylic acids is 2. The van der Waals surface area contributed by atoms with Crippen molar-refractivity contribution in [2.45, 2.75) is 12.5 Å². The van der Waals surface area contributed by atoms with Crippen LogP contribution in [0.1, 0.15) is 16.9 Å². The highest BCUT2D eigenvalue weighted by Gasteiger charge is 2.22. The standard InChI is InChI=1S/C14H13N3O4/c15-13(20)11(7-12(18)19)17-14(21)10-6-5-8-3-1-2-4-9(8)16-10/h1-6,11H,7H2,(H2,15,20)(H,17,21)(H,18,19)/t11-/m0/s1. The molecule has 1 heterocycles. The summed E-state index contributed by atoms with van der Waals surface area (Å²) in [6.45, 7) is 0. The van der Waals surface area contributed by atoms with Crippen LogP contribution in [-0.4, -0.2) is 33.9 Å². The zero-order valence-corrected chi connectivity index (χ0v) is 10.9. The normalized spacial score (nSPS) is 11.8. The number of carboxylic acid groups (broad SMARTS) is 1. The van der Waals surface area contributed by atoms with Gasteiger partial charge in [-0.3, -0.25) is 14.4 Å². The van der Waals surface area contributed by atoms with E-state index in [2.05, 4.69) is 10.3 Å². The second-order valence-electron chi connectivity index (χ2n) is 4.42. The summed E-state index contributed by atoms with van der Waals surface area (Å²) >= 11 is 0. The highest BCUT2D eigenvalue weighted by atomic mass is 16.4. The minimum absolute atomic E-state index is 0.0883. The van der Waals surface area contributed by atoms with Gasteiger partial charge in [0.1, 0.15) is 11.7 Å². The average molecular weight is 287 g/mol. The molecule has 0 saturated carbocycles. The fourth-order valence-corrected chi connectivity index (χ4v) is 1.82. The lowest BCUT2D eigenvalue weighted by Gasteiger charge is -2.13. The summed E-state index contributed by atoms with van der Waals surface area (Å²) in [4.78, 5) is 37.9. The largest absolute Gasteiger partial charge is 0.481 e. The molecule has 0 radical (unpaired) electrons. The third-order valence-electron chi connectivity index (χ3n) is 2.86. The quantitative estimate of drug-likeness (QED) is 0.729. The van der Waals surface area contributed by atoms with E-state index in [9.17, 15) is 14.4 Å². The maximum absolute atomic E-state index is 12.0. The van der Waals surface area contributed by atoms with Gasteiger partial charge in [0.05, 0.1) is 11.9 Å². The van der Waals surface area contributed by atoms with Crippen molar-refractivity contribution in [3.05, 3.63) is 42.1 Å². The Morgan fingerprint density at radius 1 is 1.19 bits per heavy atom. The van der Waals surface area contributed by atoms with Crippen molar-refractivity contribution < 1.29 is 19.5 Å². The summed E-state index contributed by atoms with van der Waals surface area (Å²) < 4.78 is 0. The number of para-hydroxylation sites is 1. The van der Waals surface area contributed by atoms with Gasteiger partial charge in [-0.2, -0.15) is 0 Å². The summed E-state index contributed by atoms with van der Waals surface area (Å²) in [5.41, 5.74) is 5.78. The van der Waals surface area contributed by atoms with Crippen LogP contribution >= 0.6 is 0 Å². The van der Waals surface area contributed by atoms with Crippen molar-refractivity contribution in [2.75, 3.05) is 0 Å². The SMILES string of the molecule is NC(=O)[C@H](CC(=O)O)NC(=O)c1ccc2ccccc2n1. The van der Waals surface area contributed by atoms with Gasteiger partial charge in [-0.05, 0) is 12.1 Å². The van der Waals surface area contributed by atoms with Crippen LogP contribution in [0.2, 0.25) is 0 Å². The smallest absolute Gasteiger partial charge is 0.305 e. The van der Waals surface area contributed by atoms with Gasteiger partial charge in [0.25, 0.3) is 5.91 Å². The first-order valence-corrected chi connectivity index (χ1v) is 6.15. The molecule has 0 fully saturated rings. The topological polar surface area (TPSA) is 122 Å². The van der Waals surface area contributed by atoms with Gasteiger partial charge >= 0.3 is 5.97 Å². The maximum atomic E-state index is 12.0. The van der Waals surface area contributed by atoms with E-state index in [4.69, 9.17) is 10.8 Å². The van der Waals surface area contributed by atoms with Gasteiger partial charge in [-0.25, -0.2) is 4.98 Å². The van der Waals surface area contributed by atoms with Crippen LogP contribution in [0.15, 0.2) is 36.4 Å². The fraction of sp³-hybridized carbons (Fsp3) is 0.143. The Morgan fingerprint density at radius 3 is 2.57 bits per heavy atom. The van der Waals surface area contributed by atoms with Gasteiger partial charge < -0.3 is 16.2 Å². The van der Waals surface area contributed by atoms with Crippen molar-refractivity contribution >= 4 is 28.7 Å². The summed E-state index contributed by atoms with van der Waals surface area (Å²) in [5.74, 6) is -2.79. The zero-order valence-electron chi connectivity index (χ0n) is 10.9. The second-order valence-corrected chi connectivity index (χ2v) is 4.42. The summed E-state index contributed by atoms with van der Waals surface area (Å²) in [5, 5.41) is 11.8. The molecule has 0 aliphatic heterocycles. The molecular formula is C14H13N3O4. The molecule has 0 bridgehead atoms. The molecule has 0 spiro atoms. The molecule has 0 aliphatic rings. The Morgan fingerprint density at radius 2 is 1.90 bits per heavy atom. The number of aliphatic carboxylic acids is 1. The first kappa shape index (κ1) is 14.4. The fourth-order valence-electron chi connectivity index (χ4n) is 1.82. The van der Waals surface area contributed by atoms with Gasteiger partial charge in [0.15, 0.2) is 0 Å². The molecule has 21 heavy (non-hydrogen) atoms. The number of carboxylic acids is 1. The molecule has 0 saturated heterocycles. The third kappa shape index (κ3) is 3.53. The first-order chi connectivity index (χ1) is 9.97. The molecular weight excluding hydrogens is 274 g/mol. The van der Waals surface area contributed by atoms with E-state index in [1.807, 2.05) is 12.1 Å². The number of carbonyl (C=O) groups is 3. The Bertz CT molecular complexity index is 714. The van der Waals surface area contributed by atoms with Crippen LogP contribution in [0.3, 0.4) is 0 Å². The molecule has 0 aliphatic carbocycles. The van der Waals surface area contributed by atoms with Crippen molar-refractivity contribution in [1.29, 1.82) is 0 Å². The van der Waals surface area contributed by atoms with E-state index in [0.29, 0.717) is 5.52 Å². The predicted molar refractivity (Wildman–Crippen MR) is 74.4 cm³/mol. The van der Waals surface area contributed by atoms with E-state index in [-0.39, 0.29) is 5.69 Å². The van der Waals surface area contributed by atoms with Crippen molar-refractivity contribution in [1.82, 2.24) is 10.3 Å². The average Bonchev–Trinajstić information content (AvgIpc) is 2.45. The lowest BCUT2D eigenvalue weighted by atomic mass is 10.1. The minimum atomic E-state index is -1.27. The van der Waals surface area contributed by atoms with Gasteiger partial charge in [-0.15, -0.1) is 0 Å². The van der Waals surface area contributed by atoms with E-state index in [1.54, 1.807) is 18.2 Å². The van der Waals surface area contributed by atoms with Crippen molar-refractivity contribution in [3.8, 4) is 0 Å². The Kier molecular flexibility index (Phi) is 4.13. The van der Waals surface area contributed by atoms with Gasteiger partial charge in [0, 0.05) is 5.39 Å². The van der Waals surface area contributed by atoms with E-state index in [0.717, 1.165) is 5.39 Å². The molecule has 1 aromatic carbocycles. The number of amides is 2. The number of nitrogens with two attached hydrogens (primary N) is 1. The van der Waals surface area contributed by atoms with Gasteiger partial charge in [-0.1, -0.05) is 24.3 Å². The van der Waals surface area contributed by atoms with Crippen LogP contribution < -0.4 is 11.1 Å². The molecule has 2 rings (SSSR count). The predicted octanol–water partition coefficient (Wildman–Crippen LogP) is 0.293. The molecule has 0 unspecified atom stereocenters. The monoisotopic (exact) mass is 287 g/mol. The van der Waals surface area contributed by atoms with E-state index in [1.165, 1.54) is 6.07 Å². The molecule has 7 nitrogen and oxygen atoms in total. The molecule has 4 N–H and O–H groups in total. The molecule has 2 amide bonds. The lowest BCUT2D eigenvalue weighted by molar-refractivity contribution is -0.139. The Balaban J connectivity index is 2.20. The maximum Gasteiger partial charge on any atom is 0.305 e. The Labute approximate surface area is 119 Å². The molecule has 7 heteroatoms. The number of hydrogen-bond donors (Lipinski definition) is 3. The molecule has 108 valence electrons. The van der Waals surface area contributed by atoms with Crippen molar-refractivity contribution in [2.24, 2.45) is 5.73 Å². The highest BCUT2D eigenvalue weighted by Crippen LogP contribution is 2.11. The number of benzene rings is 1. The number of nitrogens with zero attached hydrogens (tertiary/aromatic N) is 1. The number of fused-ring (bicyclic) bond motifs is 1. The van der Waals surface area contributed by atoms with Crippen LogP contribution in [0.4, 0.5) is 0 Å². The van der Waals surface area contributed by atoms with E-state index < -0.39 is 30.2 Å². The number of rotatable bonds is 5. The molecule has 2 aromatic rings. The third-order valence-corrected chi connectivity index (χ3v) is 2.86. The lowest BCUT2D eigenvalue weighted by Crippen LogP contribution is -2.45. The Hall–Kier alpha value is -2.96. The first-order valence-electron chi connectivity index (χ1n) is 6.15.